The van der Waals surface area contributed by atoms with E-state index in [-0.39, 0.29) is 11.3 Å². The zero-order chi connectivity index (χ0) is 17.8. The first-order valence-electron chi connectivity index (χ1n) is 7.87. The molecule has 0 heterocycles. The number of aromatic hydroxyl groups is 1. The lowest BCUT2D eigenvalue weighted by atomic mass is 10.1. The van der Waals surface area contributed by atoms with E-state index in [4.69, 9.17) is 0 Å². The van der Waals surface area contributed by atoms with Crippen molar-refractivity contribution in [3.63, 3.8) is 0 Å². The summed E-state index contributed by atoms with van der Waals surface area (Å²) in [4.78, 5) is 14.3. The normalized spacial score (nSPS) is 11.0. The molecule has 0 aliphatic carbocycles. The van der Waals surface area contributed by atoms with Gasteiger partial charge in [0.15, 0.2) is 0 Å². The van der Waals surface area contributed by atoms with Crippen LogP contribution in [-0.4, -0.2) is 31.3 Å². The molecule has 1 amide bonds. The molecule has 0 radical (unpaired) electrons. The molecule has 5 heteroatoms. The zero-order valence-corrected chi connectivity index (χ0v) is 14.1. The van der Waals surface area contributed by atoms with E-state index in [9.17, 15) is 9.90 Å². The SMILES string of the molecule is CN(C)c1ccc(C=NNC(=O)c2cc3ccccc3cc2O)cc1. The Hall–Kier alpha value is -3.34. The first-order chi connectivity index (χ1) is 12.0. The van der Waals surface area contributed by atoms with E-state index < -0.39 is 5.91 Å². The molecule has 0 aliphatic rings. The highest BCUT2D eigenvalue weighted by atomic mass is 16.3. The van der Waals surface area contributed by atoms with E-state index in [0.29, 0.717) is 0 Å². The van der Waals surface area contributed by atoms with E-state index in [1.54, 1.807) is 18.3 Å². The van der Waals surface area contributed by atoms with Gasteiger partial charge < -0.3 is 10.0 Å². The number of anilines is 1. The summed E-state index contributed by atoms with van der Waals surface area (Å²) in [6.45, 7) is 0. The van der Waals surface area contributed by atoms with Gasteiger partial charge in [0.1, 0.15) is 5.75 Å². The average Bonchev–Trinajstić information content (AvgIpc) is 2.61. The monoisotopic (exact) mass is 333 g/mol. The van der Waals surface area contributed by atoms with Crippen LogP contribution < -0.4 is 10.3 Å². The van der Waals surface area contributed by atoms with Gasteiger partial charge in [-0.05, 0) is 40.6 Å². The number of hydrogen-bond acceptors (Lipinski definition) is 4. The van der Waals surface area contributed by atoms with E-state index in [1.807, 2.05) is 67.5 Å². The summed E-state index contributed by atoms with van der Waals surface area (Å²) < 4.78 is 0. The van der Waals surface area contributed by atoms with E-state index in [0.717, 1.165) is 22.0 Å². The van der Waals surface area contributed by atoms with Crippen LogP contribution in [0.5, 0.6) is 5.75 Å². The molecule has 0 saturated heterocycles. The Morgan fingerprint density at radius 3 is 2.32 bits per heavy atom. The molecule has 0 bridgehead atoms. The molecule has 0 fully saturated rings. The van der Waals surface area contributed by atoms with Crippen LogP contribution in [0.4, 0.5) is 5.69 Å². The summed E-state index contributed by atoms with van der Waals surface area (Å²) in [6.07, 6.45) is 1.56. The standard InChI is InChI=1S/C20H19N3O2/c1-23(2)17-9-7-14(8-10-17)13-21-22-20(25)18-11-15-5-3-4-6-16(15)12-19(18)24/h3-13,24H,1-2H3,(H,22,25). The van der Waals surface area contributed by atoms with Crippen molar-refractivity contribution in [3.05, 3.63) is 71.8 Å². The third kappa shape index (κ3) is 3.77. The number of hydrogen-bond donors (Lipinski definition) is 2. The van der Waals surface area contributed by atoms with Gasteiger partial charge in [-0.2, -0.15) is 5.10 Å². The Morgan fingerprint density at radius 2 is 1.68 bits per heavy atom. The van der Waals surface area contributed by atoms with Gasteiger partial charge in [-0.15, -0.1) is 0 Å². The van der Waals surface area contributed by atoms with Crippen LogP contribution in [0.2, 0.25) is 0 Å². The minimum absolute atomic E-state index is 0.0678. The number of benzene rings is 3. The number of phenolic OH excluding ortho intramolecular Hbond substituents is 1. The Balaban J connectivity index is 1.73. The highest BCUT2D eigenvalue weighted by molar-refractivity contribution is 6.01. The summed E-state index contributed by atoms with van der Waals surface area (Å²) in [7, 11) is 3.94. The predicted molar refractivity (Wildman–Crippen MR) is 101 cm³/mol. The smallest absolute Gasteiger partial charge is 0.275 e. The molecule has 3 aromatic rings. The van der Waals surface area contributed by atoms with E-state index in [2.05, 4.69) is 10.5 Å². The fourth-order valence-corrected chi connectivity index (χ4v) is 2.49. The minimum Gasteiger partial charge on any atom is -0.507 e. The van der Waals surface area contributed by atoms with Crippen molar-refractivity contribution in [1.82, 2.24) is 5.43 Å². The number of amides is 1. The first-order valence-corrected chi connectivity index (χ1v) is 7.87. The van der Waals surface area contributed by atoms with Gasteiger partial charge in [0.05, 0.1) is 11.8 Å². The third-order valence-corrected chi connectivity index (χ3v) is 3.90. The highest BCUT2D eigenvalue weighted by Gasteiger charge is 2.11. The number of nitrogens with one attached hydrogen (secondary N) is 1. The maximum absolute atomic E-state index is 12.3. The summed E-state index contributed by atoms with van der Waals surface area (Å²) in [6, 6.07) is 18.5. The summed E-state index contributed by atoms with van der Waals surface area (Å²) in [5, 5.41) is 15.8. The number of carbonyl (C=O) groups is 1. The maximum Gasteiger partial charge on any atom is 0.275 e. The predicted octanol–water partition coefficient (Wildman–Crippen LogP) is 3.38. The number of carbonyl (C=O) groups excluding carboxylic acids is 1. The second kappa shape index (κ2) is 7.05. The molecule has 5 nitrogen and oxygen atoms in total. The van der Waals surface area contributed by atoms with Crippen molar-refractivity contribution < 1.29 is 9.90 Å². The van der Waals surface area contributed by atoms with Crippen LogP contribution in [0.3, 0.4) is 0 Å². The largest absolute Gasteiger partial charge is 0.507 e. The Labute approximate surface area is 146 Å². The minimum atomic E-state index is -0.454. The van der Waals surface area contributed by atoms with Gasteiger partial charge in [0.2, 0.25) is 0 Å². The Morgan fingerprint density at radius 1 is 1.04 bits per heavy atom. The molecule has 0 unspecified atom stereocenters. The lowest BCUT2D eigenvalue weighted by molar-refractivity contribution is 0.0952. The Bertz CT molecular complexity index is 931. The summed E-state index contributed by atoms with van der Waals surface area (Å²) in [5.74, 6) is -0.522. The zero-order valence-electron chi connectivity index (χ0n) is 14.1. The van der Waals surface area contributed by atoms with Crippen LogP contribution in [-0.2, 0) is 0 Å². The van der Waals surface area contributed by atoms with Gasteiger partial charge in [0.25, 0.3) is 5.91 Å². The van der Waals surface area contributed by atoms with Crippen LogP contribution in [0.15, 0.2) is 65.8 Å². The molecule has 126 valence electrons. The fourth-order valence-electron chi connectivity index (χ4n) is 2.49. The lowest BCUT2D eigenvalue weighted by Crippen LogP contribution is -2.17. The van der Waals surface area contributed by atoms with E-state index in [1.165, 1.54) is 0 Å². The lowest BCUT2D eigenvalue weighted by Gasteiger charge is -2.11. The molecule has 0 atom stereocenters. The van der Waals surface area contributed by atoms with Gasteiger partial charge in [0, 0.05) is 19.8 Å². The molecule has 0 spiro atoms. The topological polar surface area (TPSA) is 64.9 Å². The molecule has 0 saturated carbocycles. The van der Waals surface area contributed by atoms with Gasteiger partial charge in [-0.3, -0.25) is 4.79 Å². The van der Waals surface area contributed by atoms with Crippen molar-refractivity contribution in [2.75, 3.05) is 19.0 Å². The number of phenols is 1. The summed E-state index contributed by atoms with van der Waals surface area (Å²) >= 11 is 0. The van der Waals surface area contributed by atoms with Gasteiger partial charge >= 0.3 is 0 Å². The number of nitrogens with zero attached hydrogens (tertiary/aromatic N) is 2. The van der Waals surface area contributed by atoms with Crippen molar-refractivity contribution in [3.8, 4) is 5.75 Å². The van der Waals surface area contributed by atoms with Crippen molar-refractivity contribution in [2.45, 2.75) is 0 Å². The number of fused-ring (bicyclic) bond motifs is 1. The van der Waals surface area contributed by atoms with Crippen LogP contribution >= 0.6 is 0 Å². The number of rotatable bonds is 4. The first kappa shape index (κ1) is 16.5. The second-order valence-corrected chi connectivity index (χ2v) is 5.90. The molecule has 25 heavy (non-hydrogen) atoms. The molecular formula is C20H19N3O2. The average molecular weight is 333 g/mol. The van der Waals surface area contributed by atoms with Crippen molar-refractivity contribution >= 4 is 28.6 Å². The maximum atomic E-state index is 12.3. The van der Waals surface area contributed by atoms with E-state index >= 15 is 0 Å². The highest BCUT2D eigenvalue weighted by Crippen LogP contribution is 2.24. The van der Waals surface area contributed by atoms with Gasteiger partial charge in [-0.25, -0.2) is 5.43 Å². The van der Waals surface area contributed by atoms with Crippen molar-refractivity contribution in [1.29, 1.82) is 0 Å². The fraction of sp³-hybridized carbons (Fsp3) is 0.100. The third-order valence-electron chi connectivity index (χ3n) is 3.90. The molecule has 0 aliphatic heterocycles. The molecule has 0 aromatic heterocycles. The summed E-state index contributed by atoms with van der Waals surface area (Å²) in [5.41, 5.74) is 4.60. The number of hydrazone groups is 1. The Kier molecular flexibility index (Phi) is 4.66. The van der Waals surface area contributed by atoms with Crippen LogP contribution in [0.25, 0.3) is 10.8 Å². The second-order valence-electron chi connectivity index (χ2n) is 5.90. The van der Waals surface area contributed by atoms with Crippen molar-refractivity contribution in [2.24, 2.45) is 5.10 Å². The quantitative estimate of drug-likeness (QED) is 0.568. The molecule has 3 rings (SSSR count). The molecular weight excluding hydrogens is 314 g/mol. The van der Waals surface area contributed by atoms with Crippen LogP contribution in [0, 0.1) is 0 Å². The molecule has 3 aromatic carbocycles. The van der Waals surface area contributed by atoms with Gasteiger partial charge in [-0.1, -0.05) is 36.4 Å². The van der Waals surface area contributed by atoms with Crippen LogP contribution in [0.1, 0.15) is 15.9 Å². The molecule has 2 N–H and O–H groups in total.